The molecule has 1 rings (SSSR count). The number of aryl methyl sites for hydroxylation is 1. The maximum absolute atomic E-state index is 2.48. The fraction of sp³-hybridized carbons (Fsp3) is 0.636. The molecular weight excluding hydrogens is 265 g/mol. The Morgan fingerprint density at radius 1 is 1.31 bits per heavy atom. The summed E-state index contributed by atoms with van der Waals surface area (Å²) in [5, 5.41) is 0. The number of aromatic nitrogens is 1. The predicted molar refractivity (Wildman–Crippen MR) is 62.3 cm³/mol. The fourth-order valence-electron chi connectivity index (χ4n) is 1.62. The number of hydrogen-bond donors (Lipinski definition) is 0. The summed E-state index contributed by atoms with van der Waals surface area (Å²) in [6.45, 7) is 3.47. The van der Waals surface area contributed by atoms with Gasteiger partial charge in [-0.05, 0) is 0 Å². The van der Waals surface area contributed by atoms with Crippen LogP contribution in [-0.2, 0) is 6.54 Å². The van der Waals surface area contributed by atoms with E-state index in [2.05, 4.69) is 44.6 Å². The molecule has 0 amide bonds. The molecule has 0 aliphatic rings. The second kappa shape index (κ2) is 4.54. The van der Waals surface area contributed by atoms with Crippen LogP contribution in [0.2, 0.25) is 14.8 Å². The third-order valence-electron chi connectivity index (χ3n) is 2.35. The Balaban J connectivity index is 2.77. The molecule has 0 aliphatic heterocycles. The van der Waals surface area contributed by atoms with Gasteiger partial charge in [0.05, 0.1) is 0 Å². The van der Waals surface area contributed by atoms with Gasteiger partial charge in [-0.3, -0.25) is 0 Å². The molecule has 13 heavy (non-hydrogen) atoms. The average Bonchev–Trinajstić information content (AvgIpc) is 2.47. The van der Waals surface area contributed by atoms with Crippen LogP contribution < -0.4 is 3.71 Å². The van der Waals surface area contributed by atoms with Crippen LogP contribution in [0.4, 0.5) is 0 Å². The molecule has 0 atom stereocenters. The predicted octanol–water partition coefficient (Wildman–Crippen LogP) is 2.83. The Morgan fingerprint density at radius 2 is 2.00 bits per heavy atom. The van der Waals surface area contributed by atoms with E-state index in [0.29, 0.717) is 0 Å². The summed E-state index contributed by atoms with van der Waals surface area (Å²) in [7, 11) is 0. The summed E-state index contributed by atoms with van der Waals surface area (Å²) in [5.74, 6) is 0. The number of unbranched alkanes of at least 4 members (excludes halogenated alkanes) is 1. The minimum absolute atomic E-state index is 1.22. The third kappa shape index (κ3) is 3.04. The molecule has 0 saturated heterocycles. The van der Waals surface area contributed by atoms with E-state index in [1.54, 1.807) is 3.71 Å². The Morgan fingerprint density at radius 3 is 2.54 bits per heavy atom. The van der Waals surface area contributed by atoms with Gasteiger partial charge in [-0.25, -0.2) is 0 Å². The van der Waals surface area contributed by atoms with Gasteiger partial charge >= 0.3 is 86.1 Å². The van der Waals surface area contributed by atoms with E-state index in [1.807, 2.05) is 0 Å². The van der Waals surface area contributed by atoms with Crippen molar-refractivity contribution in [1.82, 2.24) is 4.57 Å². The topological polar surface area (TPSA) is 4.93 Å². The molecular formula is C11H21NSn. The zero-order chi connectivity index (χ0) is 9.90. The molecule has 74 valence electrons. The van der Waals surface area contributed by atoms with Crippen molar-refractivity contribution >= 4 is 22.1 Å². The van der Waals surface area contributed by atoms with Crippen molar-refractivity contribution in [3.05, 3.63) is 18.3 Å². The van der Waals surface area contributed by atoms with Crippen molar-refractivity contribution < 1.29 is 0 Å². The summed E-state index contributed by atoms with van der Waals surface area (Å²) in [6.07, 6.45) is 4.84. The van der Waals surface area contributed by atoms with Crippen LogP contribution in [0.1, 0.15) is 19.8 Å². The number of rotatable bonds is 4. The molecule has 1 aromatic heterocycles. The molecule has 1 nitrogen and oxygen atoms in total. The summed E-state index contributed by atoms with van der Waals surface area (Å²) in [6, 6.07) is 4.53. The fourth-order valence-corrected chi connectivity index (χ4v) is 6.31. The summed E-state index contributed by atoms with van der Waals surface area (Å²) in [4.78, 5) is 7.44. The SMILES string of the molecule is CCCCn1ccc[c]1[Sn]([CH3])([CH3])[CH3]. The molecule has 0 N–H and O–H groups in total. The molecule has 0 fully saturated rings. The van der Waals surface area contributed by atoms with E-state index >= 15 is 0 Å². The number of hydrogen-bond acceptors (Lipinski definition) is 0. The molecule has 0 aromatic carbocycles. The Hall–Kier alpha value is 0.0787. The van der Waals surface area contributed by atoms with Gasteiger partial charge in [0.2, 0.25) is 0 Å². The normalized spacial score (nSPS) is 12.0. The summed E-state index contributed by atoms with van der Waals surface area (Å²) in [5.41, 5.74) is 0. The Bertz CT molecular complexity index is 257. The van der Waals surface area contributed by atoms with Crippen molar-refractivity contribution in [3.63, 3.8) is 0 Å². The van der Waals surface area contributed by atoms with Gasteiger partial charge in [-0.2, -0.15) is 0 Å². The molecule has 2 heteroatoms. The molecule has 0 saturated carbocycles. The van der Waals surface area contributed by atoms with Gasteiger partial charge in [-0.15, -0.1) is 0 Å². The van der Waals surface area contributed by atoms with Gasteiger partial charge in [0.25, 0.3) is 0 Å². The van der Waals surface area contributed by atoms with Crippen molar-refractivity contribution in [1.29, 1.82) is 0 Å². The molecule has 0 radical (unpaired) electrons. The Kier molecular flexibility index (Phi) is 3.89. The van der Waals surface area contributed by atoms with Gasteiger partial charge in [0, 0.05) is 0 Å². The van der Waals surface area contributed by atoms with Crippen LogP contribution in [0.25, 0.3) is 0 Å². The average molecular weight is 286 g/mol. The van der Waals surface area contributed by atoms with E-state index in [4.69, 9.17) is 0 Å². The summed E-state index contributed by atoms with van der Waals surface area (Å²) < 4.78 is 4.13. The van der Waals surface area contributed by atoms with Gasteiger partial charge < -0.3 is 0 Å². The monoisotopic (exact) mass is 287 g/mol. The van der Waals surface area contributed by atoms with Crippen LogP contribution in [0, 0.1) is 0 Å². The van der Waals surface area contributed by atoms with Crippen LogP contribution in [0.5, 0.6) is 0 Å². The van der Waals surface area contributed by atoms with E-state index in [-0.39, 0.29) is 0 Å². The first-order valence-corrected chi connectivity index (χ1v) is 15.2. The van der Waals surface area contributed by atoms with Crippen LogP contribution >= 0.6 is 0 Å². The molecule has 0 aliphatic carbocycles. The second-order valence-corrected chi connectivity index (χ2v) is 19.0. The molecule has 1 heterocycles. The van der Waals surface area contributed by atoms with Crippen molar-refractivity contribution in [2.45, 2.75) is 41.1 Å². The van der Waals surface area contributed by atoms with E-state index in [1.165, 1.54) is 19.4 Å². The third-order valence-corrected chi connectivity index (χ3v) is 8.03. The number of nitrogens with zero attached hydrogens (tertiary/aromatic N) is 1. The quantitative estimate of drug-likeness (QED) is 0.750. The minimum atomic E-state index is -1.82. The van der Waals surface area contributed by atoms with Gasteiger partial charge in [-0.1, -0.05) is 0 Å². The van der Waals surface area contributed by atoms with Crippen LogP contribution in [0.15, 0.2) is 18.3 Å². The molecule has 0 spiro atoms. The van der Waals surface area contributed by atoms with Crippen molar-refractivity contribution in [3.8, 4) is 0 Å². The van der Waals surface area contributed by atoms with Gasteiger partial charge in [0.1, 0.15) is 0 Å². The van der Waals surface area contributed by atoms with Crippen LogP contribution in [-0.4, -0.2) is 22.9 Å². The van der Waals surface area contributed by atoms with Crippen molar-refractivity contribution in [2.24, 2.45) is 0 Å². The zero-order valence-electron chi connectivity index (χ0n) is 9.30. The standard InChI is InChI=1S/C8H12N.3CH3.Sn/c1-2-3-6-9-7-4-5-8-9;;;;/h4-5,7H,2-3,6H2,1H3;3*1H3;. The van der Waals surface area contributed by atoms with Gasteiger partial charge in [0.15, 0.2) is 0 Å². The van der Waals surface area contributed by atoms with E-state index in [0.717, 1.165) is 0 Å². The molecule has 1 aromatic rings. The second-order valence-electron chi connectivity index (χ2n) is 4.69. The molecule has 0 unspecified atom stereocenters. The van der Waals surface area contributed by atoms with E-state index in [9.17, 15) is 0 Å². The van der Waals surface area contributed by atoms with Crippen LogP contribution in [0.3, 0.4) is 0 Å². The summed E-state index contributed by atoms with van der Waals surface area (Å²) >= 11 is -1.82. The first-order valence-electron chi connectivity index (χ1n) is 5.21. The zero-order valence-corrected chi connectivity index (χ0v) is 12.2. The molecule has 0 bridgehead atoms. The maximum atomic E-state index is 2.48. The first kappa shape index (κ1) is 11.2. The first-order chi connectivity index (χ1) is 6.05. The van der Waals surface area contributed by atoms with Crippen molar-refractivity contribution in [2.75, 3.05) is 0 Å². The Labute approximate surface area is 86.0 Å². The van der Waals surface area contributed by atoms with E-state index < -0.39 is 18.4 Å².